The van der Waals surface area contributed by atoms with E-state index < -0.39 is 0 Å². The summed E-state index contributed by atoms with van der Waals surface area (Å²) < 4.78 is 15.2. The van der Waals surface area contributed by atoms with Crippen LogP contribution in [0.1, 0.15) is 0 Å². The molecule has 12 rings (SSSR count). The van der Waals surface area contributed by atoms with E-state index in [0.29, 0.717) is 5.89 Å². The Kier molecular flexibility index (Phi) is 8.00. The summed E-state index contributed by atoms with van der Waals surface area (Å²) in [7, 11) is 0. The van der Waals surface area contributed by atoms with Crippen LogP contribution >= 0.6 is 11.3 Å². The van der Waals surface area contributed by atoms with Crippen molar-refractivity contribution in [1.29, 1.82) is 0 Å². The van der Waals surface area contributed by atoms with E-state index >= 15 is 0 Å². The molecule has 0 atom stereocenters. The minimum atomic E-state index is 0.602. The molecule has 0 aliphatic carbocycles. The van der Waals surface area contributed by atoms with Crippen LogP contribution < -0.4 is 4.90 Å². The van der Waals surface area contributed by atoms with Gasteiger partial charge in [-0.15, -0.1) is 11.3 Å². The van der Waals surface area contributed by atoms with Crippen LogP contribution in [0.5, 0.6) is 0 Å². The third-order valence-electron chi connectivity index (χ3n) is 11.5. The first kappa shape index (κ1) is 34.3. The van der Waals surface area contributed by atoms with E-state index in [9.17, 15) is 0 Å². The van der Waals surface area contributed by atoms with Crippen molar-refractivity contribution in [1.82, 2.24) is 4.98 Å². The van der Waals surface area contributed by atoms with Gasteiger partial charge in [-0.3, -0.25) is 0 Å². The van der Waals surface area contributed by atoms with Gasteiger partial charge in [-0.1, -0.05) is 127 Å². The summed E-state index contributed by atoms with van der Waals surface area (Å²) in [5.41, 5.74) is 14.4. The fraction of sp³-hybridized carbons (Fsp3) is 0. The van der Waals surface area contributed by atoms with Crippen molar-refractivity contribution in [2.75, 3.05) is 4.90 Å². The monoisotopic (exact) mass is 786 g/mol. The summed E-state index contributed by atoms with van der Waals surface area (Å²) in [6.45, 7) is 0. The smallest absolute Gasteiger partial charge is 0.227 e. The molecule has 3 heterocycles. The number of anilines is 3. The highest BCUT2D eigenvalue weighted by Gasteiger charge is 2.17. The quantitative estimate of drug-likeness (QED) is 0.161. The largest absolute Gasteiger partial charge is 0.456 e. The first-order chi connectivity index (χ1) is 29.7. The molecule has 0 bridgehead atoms. The zero-order valence-corrected chi connectivity index (χ0v) is 33.1. The van der Waals surface area contributed by atoms with Gasteiger partial charge in [0.25, 0.3) is 0 Å². The summed E-state index contributed by atoms with van der Waals surface area (Å²) >= 11 is 1.87. The predicted octanol–water partition coefficient (Wildman–Crippen LogP) is 16.2. The Morgan fingerprint density at radius 1 is 0.367 bits per heavy atom. The highest BCUT2D eigenvalue weighted by Crippen LogP contribution is 2.43. The number of hydrogen-bond donors (Lipinski definition) is 0. The molecular formula is C55H34N2O2S. The molecule has 0 aliphatic heterocycles. The molecule has 0 N–H and O–H groups in total. The Labute approximate surface area is 349 Å². The molecule has 0 radical (unpaired) electrons. The van der Waals surface area contributed by atoms with Crippen molar-refractivity contribution >= 4 is 81.6 Å². The molecule has 12 aromatic rings. The van der Waals surface area contributed by atoms with E-state index in [4.69, 9.17) is 13.8 Å². The van der Waals surface area contributed by atoms with E-state index in [1.165, 1.54) is 42.4 Å². The van der Waals surface area contributed by atoms with Crippen molar-refractivity contribution in [3.8, 4) is 44.8 Å². The van der Waals surface area contributed by atoms with Gasteiger partial charge in [-0.25, -0.2) is 4.98 Å². The topological polar surface area (TPSA) is 42.4 Å². The number of thiophene rings is 1. The second-order valence-corrected chi connectivity index (χ2v) is 16.2. The van der Waals surface area contributed by atoms with Crippen LogP contribution in [-0.4, -0.2) is 4.98 Å². The van der Waals surface area contributed by atoms with Gasteiger partial charge in [0, 0.05) is 59.6 Å². The van der Waals surface area contributed by atoms with Crippen LogP contribution in [0.15, 0.2) is 215 Å². The van der Waals surface area contributed by atoms with Gasteiger partial charge in [-0.2, -0.15) is 0 Å². The van der Waals surface area contributed by atoms with E-state index in [1.54, 1.807) is 0 Å². The summed E-state index contributed by atoms with van der Waals surface area (Å²) in [5, 5.41) is 4.66. The van der Waals surface area contributed by atoms with Gasteiger partial charge in [-0.05, 0) is 106 Å². The first-order valence-electron chi connectivity index (χ1n) is 20.1. The highest BCUT2D eigenvalue weighted by molar-refractivity contribution is 7.26. The number of furan rings is 1. The minimum Gasteiger partial charge on any atom is -0.456 e. The fourth-order valence-electron chi connectivity index (χ4n) is 8.53. The zero-order chi connectivity index (χ0) is 39.6. The standard InChI is InChI=1S/C55H34N2O2S/c1-3-10-35(11-4-1)36-18-25-41(26-19-36)57(43-29-22-38(23-30-43)44-15-9-16-46-45-14-7-8-17-53(45)60-54(44)46)42-27-20-37(21-28-42)40-24-31-50-47(32-40)48-33-52-49(34-51(48)58-50)56-55(59-52)39-12-5-2-6-13-39/h1-34H. The molecule has 0 amide bonds. The molecule has 60 heavy (non-hydrogen) atoms. The SMILES string of the molecule is c1ccc(-c2ccc(N(c3ccc(-c4ccc5oc6cc7nc(-c8ccccc8)oc7cc6c5c4)cc3)c3ccc(-c4cccc5c4sc4ccccc45)cc3)cc2)cc1. The fourth-order valence-corrected chi connectivity index (χ4v) is 9.77. The number of benzene rings is 9. The lowest BCUT2D eigenvalue weighted by molar-refractivity contribution is 0.620. The first-order valence-corrected chi connectivity index (χ1v) is 20.9. The molecule has 3 aromatic heterocycles. The summed E-state index contributed by atoms with van der Waals surface area (Å²) in [6, 6.07) is 73.0. The second kappa shape index (κ2) is 14.0. The van der Waals surface area contributed by atoms with Crippen LogP contribution in [0, 0.1) is 0 Å². The van der Waals surface area contributed by atoms with Crippen molar-refractivity contribution in [2.45, 2.75) is 0 Å². The van der Waals surface area contributed by atoms with E-state index in [-0.39, 0.29) is 0 Å². The maximum Gasteiger partial charge on any atom is 0.227 e. The molecule has 0 spiro atoms. The molecular weight excluding hydrogens is 753 g/mol. The molecule has 282 valence electrons. The number of oxazole rings is 1. The number of rotatable bonds is 7. The van der Waals surface area contributed by atoms with Crippen LogP contribution in [0.2, 0.25) is 0 Å². The molecule has 4 nitrogen and oxygen atoms in total. The van der Waals surface area contributed by atoms with Crippen molar-refractivity contribution in [3.63, 3.8) is 0 Å². The van der Waals surface area contributed by atoms with Gasteiger partial charge >= 0.3 is 0 Å². The summed E-state index contributed by atoms with van der Waals surface area (Å²) in [4.78, 5) is 7.09. The Morgan fingerprint density at radius 3 is 1.65 bits per heavy atom. The average Bonchev–Trinajstić information content (AvgIpc) is 4.02. The van der Waals surface area contributed by atoms with Gasteiger partial charge in [0.15, 0.2) is 5.58 Å². The Balaban J connectivity index is 0.909. The van der Waals surface area contributed by atoms with E-state index in [1.807, 2.05) is 47.7 Å². The van der Waals surface area contributed by atoms with Crippen molar-refractivity contribution < 1.29 is 8.83 Å². The highest BCUT2D eigenvalue weighted by atomic mass is 32.1. The van der Waals surface area contributed by atoms with Gasteiger partial charge in [0.2, 0.25) is 5.89 Å². The second-order valence-electron chi connectivity index (χ2n) is 15.1. The Bertz CT molecular complexity index is 3510. The molecule has 0 fully saturated rings. The zero-order valence-electron chi connectivity index (χ0n) is 32.2. The van der Waals surface area contributed by atoms with Gasteiger partial charge < -0.3 is 13.7 Å². The molecule has 0 unspecified atom stereocenters. The number of nitrogens with zero attached hydrogens (tertiary/aromatic N) is 2. The van der Waals surface area contributed by atoms with Crippen LogP contribution in [0.25, 0.3) is 98.0 Å². The summed E-state index contributed by atoms with van der Waals surface area (Å²) in [5.74, 6) is 0.602. The van der Waals surface area contributed by atoms with Gasteiger partial charge in [0.1, 0.15) is 16.7 Å². The lowest BCUT2D eigenvalue weighted by Gasteiger charge is -2.26. The van der Waals surface area contributed by atoms with Crippen LogP contribution in [0.3, 0.4) is 0 Å². The number of hydrogen-bond acceptors (Lipinski definition) is 5. The van der Waals surface area contributed by atoms with E-state index in [0.717, 1.165) is 66.8 Å². The van der Waals surface area contributed by atoms with Crippen LogP contribution in [0.4, 0.5) is 17.1 Å². The van der Waals surface area contributed by atoms with Crippen LogP contribution in [-0.2, 0) is 0 Å². The molecule has 5 heteroatoms. The number of aromatic nitrogens is 1. The van der Waals surface area contributed by atoms with Crippen molar-refractivity contribution in [2.24, 2.45) is 0 Å². The van der Waals surface area contributed by atoms with E-state index in [2.05, 4.69) is 175 Å². The molecule has 0 aliphatic rings. The lowest BCUT2D eigenvalue weighted by Crippen LogP contribution is -2.09. The Hall–Kier alpha value is -7.73. The molecule has 9 aromatic carbocycles. The maximum atomic E-state index is 6.34. The third kappa shape index (κ3) is 5.86. The van der Waals surface area contributed by atoms with Crippen molar-refractivity contribution in [3.05, 3.63) is 206 Å². The van der Waals surface area contributed by atoms with Gasteiger partial charge in [0.05, 0.1) is 0 Å². The number of fused-ring (bicyclic) bond motifs is 7. The predicted molar refractivity (Wildman–Crippen MR) is 251 cm³/mol. The Morgan fingerprint density at radius 2 is 0.933 bits per heavy atom. The lowest BCUT2D eigenvalue weighted by atomic mass is 10.0. The average molecular weight is 787 g/mol. The molecule has 0 saturated heterocycles. The minimum absolute atomic E-state index is 0.602. The maximum absolute atomic E-state index is 6.34. The molecule has 0 saturated carbocycles. The summed E-state index contributed by atoms with van der Waals surface area (Å²) in [6.07, 6.45) is 0. The third-order valence-corrected chi connectivity index (χ3v) is 12.8. The normalized spacial score (nSPS) is 11.7.